The Bertz CT molecular complexity index is 3540. The maximum Gasteiger partial charge on any atom is 0.475 e. The molecule has 6 amide bonds. The van der Waals surface area contributed by atoms with Crippen LogP contribution in [0, 0.1) is 12.8 Å². The molecule has 9 rings (SSSR count). The van der Waals surface area contributed by atoms with Crippen molar-refractivity contribution in [1.29, 1.82) is 0 Å². The Hall–Kier alpha value is -8.96. The first-order chi connectivity index (χ1) is 42.1. The molecule has 2 aliphatic heterocycles. The number of nitrogens with two attached hydrogens (primary N) is 1. The Morgan fingerprint density at radius 1 is 0.875 bits per heavy atom. The third-order valence-electron chi connectivity index (χ3n) is 15.4. The molecule has 0 saturated carbocycles. The van der Waals surface area contributed by atoms with Crippen LogP contribution in [0.3, 0.4) is 0 Å². The lowest BCUT2D eigenvalue weighted by atomic mass is 9.89. The zero-order valence-electron chi connectivity index (χ0n) is 50.0. The third kappa shape index (κ3) is 15.1. The highest BCUT2D eigenvalue weighted by molar-refractivity contribution is 7.47. The van der Waals surface area contributed by atoms with Crippen LogP contribution in [0.4, 0.5) is 25.9 Å². The number of ether oxygens (including phenoxy) is 4. The van der Waals surface area contributed by atoms with Crippen LogP contribution in [0.2, 0.25) is 0 Å². The van der Waals surface area contributed by atoms with Gasteiger partial charge in [-0.1, -0.05) is 112 Å². The van der Waals surface area contributed by atoms with Gasteiger partial charge in [0.2, 0.25) is 23.9 Å². The summed E-state index contributed by atoms with van der Waals surface area (Å²) in [5.41, 5.74) is 10.2. The first-order valence-corrected chi connectivity index (χ1v) is 30.5. The van der Waals surface area contributed by atoms with E-state index in [1.165, 1.54) is 11.1 Å². The van der Waals surface area contributed by atoms with Crippen LogP contribution >= 0.6 is 7.82 Å². The second kappa shape index (κ2) is 27.4. The Morgan fingerprint density at radius 2 is 1.55 bits per heavy atom. The number of primary amides is 1. The minimum Gasteiger partial charge on any atom is -0.472 e. The number of benzene rings is 4. The number of phosphoric ester groups is 1. The minimum atomic E-state index is -4.53. The van der Waals surface area contributed by atoms with Gasteiger partial charge in [0.15, 0.2) is 18.9 Å². The molecular formula is C63H73N10O14P. The Morgan fingerprint density at radius 3 is 2.19 bits per heavy atom. The van der Waals surface area contributed by atoms with Crippen molar-refractivity contribution in [3.05, 3.63) is 149 Å². The molecule has 1 aliphatic carbocycles. The summed E-state index contributed by atoms with van der Waals surface area (Å²) in [6, 6.07) is 31.2. The molecule has 1 fully saturated rings. The van der Waals surface area contributed by atoms with Gasteiger partial charge < -0.3 is 55.7 Å². The van der Waals surface area contributed by atoms with Gasteiger partial charge in [-0.3, -0.25) is 23.8 Å². The zero-order valence-corrected chi connectivity index (χ0v) is 50.9. The van der Waals surface area contributed by atoms with Gasteiger partial charge in [0, 0.05) is 47.3 Å². The lowest BCUT2D eigenvalue weighted by Gasteiger charge is -2.47. The maximum atomic E-state index is 15.2. The number of para-hydroxylation sites is 1. The summed E-state index contributed by atoms with van der Waals surface area (Å²) in [4.78, 5) is 99.6. The van der Waals surface area contributed by atoms with Crippen molar-refractivity contribution >= 4 is 55.6 Å². The predicted octanol–water partition coefficient (Wildman–Crippen LogP) is 9.00. The molecule has 4 heterocycles. The monoisotopic (exact) mass is 1220 g/mol. The number of urea groups is 1. The fourth-order valence-corrected chi connectivity index (χ4v) is 12.2. The van der Waals surface area contributed by atoms with Crippen molar-refractivity contribution in [1.82, 2.24) is 36.4 Å². The summed E-state index contributed by atoms with van der Waals surface area (Å²) in [5.74, 6) is -1.56. The van der Waals surface area contributed by atoms with E-state index in [9.17, 15) is 33.4 Å². The molecule has 0 spiro atoms. The first kappa shape index (κ1) is 63.5. The normalized spacial score (nSPS) is 17.6. The number of aromatic nitrogens is 3. The van der Waals surface area contributed by atoms with Gasteiger partial charge in [0.05, 0.1) is 35.6 Å². The van der Waals surface area contributed by atoms with Crippen molar-refractivity contribution in [2.24, 2.45) is 11.7 Å². The van der Waals surface area contributed by atoms with Gasteiger partial charge in [-0.15, -0.1) is 10.2 Å². The Balaban J connectivity index is 0.976. The number of hydrogen-bond acceptors (Lipinski definition) is 17. The summed E-state index contributed by atoms with van der Waals surface area (Å²) in [5, 5.41) is 20.1. The number of carbonyl (C=O) groups excluding carboxylic acids is 6. The second-order valence-electron chi connectivity index (χ2n) is 23.1. The summed E-state index contributed by atoms with van der Waals surface area (Å²) in [7, 11) is -4.53. The number of phosphoric acid groups is 1. The summed E-state index contributed by atoms with van der Waals surface area (Å²) in [6.07, 6.45) is -0.655. The minimum absolute atomic E-state index is 0.00207. The van der Waals surface area contributed by atoms with Gasteiger partial charge >= 0.3 is 26.0 Å². The number of fused-ring (bicyclic) bond motifs is 6. The number of alkyl carbamates (subject to hydrolysis) is 1. The van der Waals surface area contributed by atoms with Gasteiger partial charge in [-0.05, 0) is 99.4 Å². The fraction of sp³-hybridized carbons (Fsp3) is 0.381. The van der Waals surface area contributed by atoms with E-state index in [-0.39, 0.29) is 50.0 Å². The second-order valence-corrected chi connectivity index (χ2v) is 24.5. The van der Waals surface area contributed by atoms with E-state index in [0.29, 0.717) is 65.2 Å². The van der Waals surface area contributed by atoms with Crippen LogP contribution in [-0.2, 0) is 32.7 Å². The first-order valence-electron chi connectivity index (χ1n) is 29.0. The van der Waals surface area contributed by atoms with Crippen LogP contribution < -0.4 is 46.3 Å². The van der Waals surface area contributed by atoms with Gasteiger partial charge in [0.25, 0.3) is 0 Å². The average molecular weight is 1230 g/mol. The van der Waals surface area contributed by atoms with Gasteiger partial charge in [-0.25, -0.2) is 28.5 Å². The number of rotatable bonds is 24. The SMILES string of the molecule is CC[C@@]12C[C@@H](Oc3ncc(C=O)cc3C)CN1c1cc(-c3ccccc3OCOP(=O)(O)OC(C)(C)C)nnc1N(C(=O)OC(NC(=O)[C@H](CCCNC(N)=O)NC(=O)[C@@H](NC(=O)OCC1c3ccccc3-c3ccccc31)C(C)C)c1ccccc1)C2. The molecule has 88 heavy (non-hydrogen) atoms. The van der Waals surface area contributed by atoms with E-state index in [1.54, 1.807) is 108 Å². The number of aldehydes is 1. The fourth-order valence-electron chi connectivity index (χ4n) is 11.3. The Kier molecular flexibility index (Phi) is 19.8. The molecule has 0 radical (unpaired) electrons. The number of nitrogens with one attached hydrogen (secondary N) is 4. The smallest absolute Gasteiger partial charge is 0.472 e. The van der Waals surface area contributed by atoms with Gasteiger partial charge in [0.1, 0.15) is 30.5 Å². The molecule has 6 atom stereocenters. The summed E-state index contributed by atoms with van der Waals surface area (Å²) < 4.78 is 47.8. The van der Waals surface area contributed by atoms with E-state index in [1.807, 2.05) is 55.5 Å². The quantitative estimate of drug-likeness (QED) is 0.0142. The molecule has 464 valence electrons. The number of amides is 6. The number of pyridine rings is 1. The highest BCUT2D eigenvalue weighted by Crippen LogP contribution is 2.50. The number of anilines is 2. The Labute approximate surface area is 509 Å². The van der Waals surface area contributed by atoms with Crippen molar-refractivity contribution in [2.45, 2.75) is 116 Å². The van der Waals surface area contributed by atoms with Crippen LogP contribution in [-0.4, -0.2) is 119 Å². The zero-order chi connectivity index (χ0) is 62.9. The highest BCUT2D eigenvalue weighted by atomic mass is 31.2. The molecule has 1 saturated heterocycles. The van der Waals surface area contributed by atoms with Crippen LogP contribution in [0.5, 0.6) is 11.6 Å². The standard InChI is InChI=1S/C63H73N10O14P/c1-8-63-31-42(85-57-39(4)29-40(34-74)32-66-57)33-73(63)51-30-50(47-25-16-17-27-52(47)83-37-84-88(80,81)87-62(5,6)7)70-71-54(51)72(36-63)61(79)86-58(41-19-10-9-11-20-41)69-55(75)49(26-18-28-65-59(64)77)67-56(76)53(38(2)3)68-60(78)82-35-48-45-23-14-12-21-43(45)44-22-13-15-24-46(44)48/h9-17,19-25,27,29-30,32,34,38,42,48-49,53,58H,8,18,26,28,31,33,35-37H2,1-7H3,(H,67,76)(H,68,78)(H,69,75)(H,80,81)(H3,64,65,77)/t42-,49+,53+,58?,63+/m1/s1. The van der Waals surface area contributed by atoms with Crippen molar-refractivity contribution in [3.63, 3.8) is 0 Å². The number of carbonyl (C=O) groups is 6. The molecule has 24 nitrogen and oxygen atoms in total. The number of aryl methyl sites for hydroxylation is 1. The number of nitrogens with zero attached hydrogens (tertiary/aromatic N) is 5. The van der Waals surface area contributed by atoms with Crippen LogP contribution in [0.25, 0.3) is 22.4 Å². The molecule has 6 aromatic rings. The molecule has 2 aromatic heterocycles. The molecule has 25 heteroatoms. The lowest BCUT2D eigenvalue weighted by molar-refractivity contribution is -0.132. The van der Waals surface area contributed by atoms with Crippen molar-refractivity contribution < 1.29 is 66.2 Å². The van der Waals surface area contributed by atoms with E-state index in [0.717, 1.165) is 22.3 Å². The summed E-state index contributed by atoms with van der Waals surface area (Å²) >= 11 is 0. The van der Waals surface area contributed by atoms with Crippen molar-refractivity contribution in [2.75, 3.05) is 42.8 Å². The molecular weight excluding hydrogens is 1150 g/mol. The van der Waals surface area contributed by atoms with Gasteiger partial charge in [-0.2, -0.15) is 0 Å². The molecule has 4 aromatic carbocycles. The predicted molar refractivity (Wildman–Crippen MR) is 325 cm³/mol. The lowest BCUT2D eigenvalue weighted by Crippen LogP contribution is -2.58. The van der Waals surface area contributed by atoms with E-state index >= 15 is 4.79 Å². The van der Waals surface area contributed by atoms with E-state index < -0.39 is 86.1 Å². The number of hydrogen-bond donors (Lipinski definition) is 6. The third-order valence-corrected chi connectivity index (χ3v) is 16.6. The molecule has 2 unspecified atom stereocenters. The van der Waals surface area contributed by atoms with Crippen LogP contribution in [0.1, 0.15) is 112 Å². The van der Waals surface area contributed by atoms with E-state index in [2.05, 4.69) is 41.3 Å². The topological polar surface area (TPSA) is 314 Å². The summed E-state index contributed by atoms with van der Waals surface area (Å²) in [6.45, 7) is 11.7. The van der Waals surface area contributed by atoms with E-state index in [4.69, 9.17) is 33.7 Å². The molecule has 3 aliphatic rings. The average Bonchev–Trinajstić information content (AvgIpc) is 1.93. The molecule has 7 N–H and O–H groups in total. The largest absolute Gasteiger partial charge is 0.475 e. The maximum absolute atomic E-state index is 15.2. The highest BCUT2D eigenvalue weighted by Gasteiger charge is 2.53. The molecule has 0 bridgehead atoms. The van der Waals surface area contributed by atoms with Crippen LogP contribution in [0.15, 0.2) is 121 Å². The van der Waals surface area contributed by atoms with Crippen molar-refractivity contribution in [3.8, 4) is 34.0 Å².